The van der Waals surface area contributed by atoms with Gasteiger partial charge in [0.25, 0.3) is 0 Å². The highest BCUT2D eigenvalue weighted by molar-refractivity contribution is 5.73. The molecule has 0 aliphatic rings. The van der Waals surface area contributed by atoms with Gasteiger partial charge in [0.15, 0.2) is 11.5 Å². The Labute approximate surface area is 117 Å². The first kappa shape index (κ1) is 12.5. The Morgan fingerprint density at radius 3 is 2.85 bits per heavy atom. The van der Waals surface area contributed by atoms with E-state index in [0.717, 1.165) is 23.0 Å². The fraction of sp³-hybridized carbons (Fsp3) is 0.200. The number of anilines is 3. The number of nitrogens with zero attached hydrogens (tertiary/aromatic N) is 3. The maximum atomic E-state index is 4.55. The summed E-state index contributed by atoms with van der Waals surface area (Å²) in [6, 6.07) is 6.19. The van der Waals surface area contributed by atoms with Crippen molar-refractivity contribution in [1.82, 2.24) is 14.4 Å². The maximum absolute atomic E-state index is 4.55. The summed E-state index contributed by atoms with van der Waals surface area (Å²) in [7, 11) is 1.85. The lowest BCUT2D eigenvalue weighted by molar-refractivity contribution is 1.12. The van der Waals surface area contributed by atoms with Gasteiger partial charge in [-0.15, -0.1) is 0 Å². The zero-order chi connectivity index (χ0) is 14.1. The number of aromatic nitrogens is 3. The van der Waals surface area contributed by atoms with Gasteiger partial charge < -0.3 is 15.0 Å². The minimum Gasteiger partial charge on any atom is -0.372 e. The van der Waals surface area contributed by atoms with Crippen molar-refractivity contribution in [2.45, 2.75) is 13.8 Å². The first-order valence-electron chi connectivity index (χ1n) is 6.54. The number of imidazole rings is 1. The van der Waals surface area contributed by atoms with Crippen molar-refractivity contribution in [3.8, 4) is 0 Å². The van der Waals surface area contributed by atoms with Crippen LogP contribution in [0.5, 0.6) is 0 Å². The highest BCUT2D eigenvalue weighted by Crippen LogP contribution is 2.24. The molecular formula is C15H17N5. The molecule has 0 unspecified atom stereocenters. The van der Waals surface area contributed by atoms with Crippen molar-refractivity contribution in [3.63, 3.8) is 0 Å². The van der Waals surface area contributed by atoms with Crippen LogP contribution in [0.25, 0.3) is 5.65 Å². The van der Waals surface area contributed by atoms with Gasteiger partial charge in [0, 0.05) is 25.1 Å². The van der Waals surface area contributed by atoms with E-state index in [1.807, 2.05) is 29.9 Å². The molecule has 0 saturated heterocycles. The fourth-order valence-electron chi connectivity index (χ4n) is 2.15. The van der Waals surface area contributed by atoms with E-state index in [2.05, 4.69) is 46.6 Å². The van der Waals surface area contributed by atoms with E-state index < -0.39 is 0 Å². The molecule has 0 bridgehead atoms. The molecule has 0 spiro atoms. The number of aryl methyl sites for hydroxylation is 1. The number of hydrogen-bond donors (Lipinski definition) is 2. The molecule has 0 aliphatic carbocycles. The van der Waals surface area contributed by atoms with Crippen molar-refractivity contribution < 1.29 is 0 Å². The second kappa shape index (κ2) is 4.85. The Morgan fingerprint density at radius 1 is 1.20 bits per heavy atom. The number of rotatable bonds is 3. The first-order valence-corrected chi connectivity index (χ1v) is 6.54. The van der Waals surface area contributed by atoms with Gasteiger partial charge in [0.05, 0.1) is 6.20 Å². The highest BCUT2D eigenvalue weighted by atomic mass is 15.1. The second-order valence-electron chi connectivity index (χ2n) is 4.76. The monoisotopic (exact) mass is 267 g/mol. The summed E-state index contributed by atoms with van der Waals surface area (Å²) in [5.41, 5.74) is 4.33. The summed E-state index contributed by atoms with van der Waals surface area (Å²) in [6.45, 7) is 4.20. The topological polar surface area (TPSA) is 54.2 Å². The molecule has 0 aliphatic heterocycles. The van der Waals surface area contributed by atoms with Crippen molar-refractivity contribution in [3.05, 3.63) is 47.9 Å². The Bertz CT molecular complexity index is 760. The maximum Gasteiger partial charge on any atom is 0.180 e. The molecule has 3 rings (SSSR count). The third kappa shape index (κ3) is 2.07. The molecule has 0 saturated carbocycles. The normalized spacial score (nSPS) is 10.8. The van der Waals surface area contributed by atoms with Crippen LogP contribution in [0.15, 0.2) is 36.8 Å². The molecule has 0 atom stereocenters. The van der Waals surface area contributed by atoms with Crippen LogP contribution in [-0.2, 0) is 0 Å². The molecule has 3 aromatic rings. The highest BCUT2D eigenvalue weighted by Gasteiger charge is 2.09. The molecular weight excluding hydrogens is 250 g/mol. The predicted octanol–water partition coefficient (Wildman–Crippen LogP) is 3.13. The van der Waals surface area contributed by atoms with Crippen molar-refractivity contribution >= 4 is 23.0 Å². The van der Waals surface area contributed by atoms with Crippen LogP contribution >= 0.6 is 0 Å². The van der Waals surface area contributed by atoms with Crippen LogP contribution in [0, 0.1) is 13.8 Å². The summed E-state index contributed by atoms with van der Waals surface area (Å²) in [5, 5.41) is 6.44. The predicted molar refractivity (Wildman–Crippen MR) is 81.7 cm³/mol. The van der Waals surface area contributed by atoms with Gasteiger partial charge in [-0.05, 0) is 31.0 Å². The van der Waals surface area contributed by atoms with Crippen LogP contribution in [0.4, 0.5) is 17.3 Å². The number of benzene rings is 1. The number of hydrogen-bond acceptors (Lipinski definition) is 4. The van der Waals surface area contributed by atoms with Crippen LogP contribution < -0.4 is 10.6 Å². The lowest BCUT2D eigenvalue weighted by atomic mass is 10.1. The molecule has 0 amide bonds. The van der Waals surface area contributed by atoms with Crippen molar-refractivity contribution in [2.75, 3.05) is 17.7 Å². The molecule has 5 heteroatoms. The van der Waals surface area contributed by atoms with E-state index >= 15 is 0 Å². The van der Waals surface area contributed by atoms with Gasteiger partial charge in [0.2, 0.25) is 0 Å². The largest absolute Gasteiger partial charge is 0.372 e. The standard InChI is InChI=1S/C15H17N5/c1-10-5-4-6-12(11(10)2)18-14-15-17-7-8-20(15)9-13(16-3)19-14/h4-9,16H,1-3H3,(H,18,19). The average molecular weight is 267 g/mol. The van der Waals surface area contributed by atoms with Gasteiger partial charge in [-0.25, -0.2) is 9.97 Å². The number of fused-ring (bicyclic) bond motifs is 1. The van der Waals surface area contributed by atoms with Gasteiger partial charge in [-0.3, -0.25) is 0 Å². The number of nitrogens with one attached hydrogen (secondary N) is 2. The molecule has 1 aromatic carbocycles. The summed E-state index contributed by atoms with van der Waals surface area (Å²) in [5.74, 6) is 1.54. The molecule has 20 heavy (non-hydrogen) atoms. The molecule has 2 N–H and O–H groups in total. The minimum atomic E-state index is 0.746. The summed E-state index contributed by atoms with van der Waals surface area (Å²) < 4.78 is 1.95. The van der Waals surface area contributed by atoms with E-state index in [1.165, 1.54) is 11.1 Å². The third-order valence-electron chi connectivity index (χ3n) is 3.49. The lowest BCUT2D eigenvalue weighted by Gasteiger charge is -2.12. The van der Waals surface area contributed by atoms with Gasteiger partial charge in [0.1, 0.15) is 5.82 Å². The molecule has 2 aromatic heterocycles. The zero-order valence-electron chi connectivity index (χ0n) is 11.8. The molecule has 0 radical (unpaired) electrons. The van der Waals surface area contributed by atoms with Crippen LogP contribution in [0.2, 0.25) is 0 Å². The Kier molecular flexibility index (Phi) is 3.02. The molecule has 0 fully saturated rings. The molecule has 2 heterocycles. The smallest absolute Gasteiger partial charge is 0.180 e. The van der Waals surface area contributed by atoms with Crippen LogP contribution in [0.3, 0.4) is 0 Å². The van der Waals surface area contributed by atoms with Crippen LogP contribution in [0.1, 0.15) is 11.1 Å². The molecule has 5 nitrogen and oxygen atoms in total. The summed E-state index contributed by atoms with van der Waals surface area (Å²) >= 11 is 0. The zero-order valence-corrected chi connectivity index (χ0v) is 11.8. The lowest BCUT2D eigenvalue weighted by Crippen LogP contribution is -2.03. The van der Waals surface area contributed by atoms with Crippen LogP contribution in [-0.4, -0.2) is 21.4 Å². The first-order chi connectivity index (χ1) is 9.69. The fourth-order valence-corrected chi connectivity index (χ4v) is 2.15. The summed E-state index contributed by atoms with van der Waals surface area (Å²) in [4.78, 5) is 8.90. The van der Waals surface area contributed by atoms with Gasteiger partial charge in [-0.2, -0.15) is 0 Å². The Hall–Kier alpha value is -2.56. The van der Waals surface area contributed by atoms with E-state index in [0.29, 0.717) is 0 Å². The van der Waals surface area contributed by atoms with Crippen molar-refractivity contribution in [2.24, 2.45) is 0 Å². The van der Waals surface area contributed by atoms with E-state index in [1.54, 1.807) is 6.20 Å². The summed E-state index contributed by atoms with van der Waals surface area (Å²) in [6.07, 6.45) is 5.59. The van der Waals surface area contributed by atoms with Gasteiger partial charge >= 0.3 is 0 Å². The Balaban J connectivity index is 2.10. The van der Waals surface area contributed by atoms with E-state index in [9.17, 15) is 0 Å². The van der Waals surface area contributed by atoms with E-state index in [4.69, 9.17) is 0 Å². The van der Waals surface area contributed by atoms with Crippen molar-refractivity contribution in [1.29, 1.82) is 0 Å². The second-order valence-corrected chi connectivity index (χ2v) is 4.76. The quantitative estimate of drug-likeness (QED) is 0.765. The average Bonchev–Trinajstić information content (AvgIpc) is 2.92. The van der Waals surface area contributed by atoms with E-state index in [-0.39, 0.29) is 0 Å². The molecule has 102 valence electrons. The Morgan fingerprint density at radius 2 is 2.05 bits per heavy atom. The SMILES string of the molecule is CNc1cn2ccnc2c(Nc2cccc(C)c2C)n1. The minimum absolute atomic E-state index is 0.746. The van der Waals surface area contributed by atoms with Gasteiger partial charge in [-0.1, -0.05) is 12.1 Å². The third-order valence-corrected chi connectivity index (χ3v) is 3.49.